The van der Waals surface area contributed by atoms with Gasteiger partial charge in [0.15, 0.2) is 0 Å². The summed E-state index contributed by atoms with van der Waals surface area (Å²) in [5.41, 5.74) is 11.2. The maximum absolute atomic E-state index is 12.0. The number of hydrogen-bond acceptors (Lipinski definition) is 10. The summed E-state index contributed by atoms with van der Waals surface area (Å²) < 4.78 is 10.5. The summed E-state index contributed by atoms with van der Waals surface area (Å²) in [5, 5.41) is 27.0. The zero-order valence-electron chi connectivity index (χ0n) is 21.1. The molecule has 0 saturated carbocycles. The summed E-state index contributed by atoms with van der Waals surface area (Å²) in [5.74, 6) is -1.97. The molecule has 0 rings (SSSR count). The number of aliphatic hydroxyl groups is 2. The van der Waals surface area contributed by atoms with Gasteiger partial charge in [0.2, 0.25) is 11.8 Å². The predicted molar refractivity (Wildman–Crippen MR) is 130 cm³/mol. The van der Waals surface area contributed by atoms with Crippen molar-refractivity contribution in [3.63, 3.8) is 0 Å². The van der Waals surface area contributed by atoms with Crippen LogP contribution in [0.4, 0.5) is 0 Å². The fourth-order valence-electron chi connectivity index (χ4n) is 3.80. The maximum Gasteiger partial charge on any atom is 0.317 e. The predicted octanol–water partition coefficient (Wildman–Crippen LogP) is -2.48. The van der Waals surface area contributed by atoms with Crippen LogP contribution in [0.5, 0.6) is 0 Å². The SMILES string of the molecule is CCN(CCN(CCN(CC)C(CCOCCO)C(N)=O)CC(=O)O)C(CCOCCO)C(N)=O. The van der Waals surface area contributed by atoms with Crippen LogP contribution in [0.2, 0.25) is 0 Å². The van der Waals surface area contributed by atoms with Gasteiger partial charge in [0.1, 0.15) is 0 Å². The number of likely N-dealkylation sites (N-methyl/N-ethyl adjacent to an activating group) is 2. The number of carboxylic acid groups (broad SMARTS) is 1. The summed E-state index contributed by atoms with van der Waals surface area (Å²) in [7, 11) is 0. The minimum absolute atomic E-state index is 0.107. The van der Waals surface area contributed by atoms with Crippen molar-refractivity contribution in [2.75, 3.05) is 85.5 Å². The maximum atomic E-state index is 12.0. The molecule has 0 aliphatic carbocycles. The Morgan fingerprint density at radius 3 is 1.43 bits per heavy atom. The number of aliphatic carboxylic acids is 1. The Morgan fingerprint density at radius 2 is 1.14 bits per heavy atom. The molecule has 35 heavy (non-hydrogen) atoms. The number of primary amides is 2. The van der Waals surface area contributed by atoms with Crippen molar-refractivity contribution >= 4 is 17.8 Å². The van der Waals surface area contributed by atoms with Gasteiger partial charge in [-0.1, -0.05) is 13.8 Å². The minimum Gasteiger partial charge on any atom is -0.480 e. The second-order valence-electron chi connectivity index (χ2n) is 8.01. The number of carbonyl (C=O) groups is 3. The topological polar surface area (TPSA) is 192 Å². The van der Waals surface area contributed by atoms with Crippen LogP contribution in [0.25, 0.3) is 0 Å². The largest absolute Gasteiger partial charge is 0.480 e. The van der Waals surface area contributed by atoms with Gasteiger partial charge >= 0.3 is 5.97 Å². The minimum atomic E-state index is -0.983. The summed E-state index contributed by atoms with van der Waals surface area (Å²) >= 11 is 0. The van der Waals surface area contributed by atoms with Gasteiger partial charge in [-0.25, -0.2) is 0 Å². The molecule has 2 amide bonds. The average Bonchev–Trinajstić information content (AvgIpc) is 2.80. The van der Waals surface area contributed by atoms with E-state index in [1.165, 1.54) is 0 Å². The highest BCUT2D eigenvalue weighted by molar-refractivity contribution is 5.80. The lowest BCUT2D eigenvalue weighted by atomic mass is 10.1. The quantitative estimate of drug-likeness (QED) is 0.0869. The third-order valence-corrected chi connectivity index (χ3v) is 5.66. The zero-order chi connectivity index (χ0) is 26.6. The van der Waals surface area contributed by atoms with Crippen LogP contribution in [0.15, 0.2) is 0 Å². The molecule has 0 aliphatic rings. The molecule has 0 heterocycles. The van der Waals surface area contributed by atoms with Gasteiger partial charge < -0.3 is 36.3 Å². The van der Waals surface area contributed by atoms with Crippen LogP contribution in [0.1, 0.15) is 26.7 Å². The number of nitrogens with zero attached hydrogens (tertiary/aromatic N) is 3. The Labute approximate surface area is 207 Å². The lowest BCUT2D eigenvalue weighted by molar-refractivity contribution is -0.138. The summed E-state index contributed by atoms with van der Waals surface area (Å²) in [6, 6.07) is -1.15. The van der Waals surface area contributed by atoms with E-state index in [-0.39, 0.29) is 46.2 Å². The zero-order valence-corrected chi connectivity index (χ0v) is 21.1. The molecule has 0 spiro atoms. The number of carboxylic acids is 1. The number of carbonyl (C=O) groups excluding carboxylic acids is 2. The molecule has 2 atom stereocenters. The summed E-state index contributed by atoms with van der Waals surface area (Å²) in [6.45, 7) is 6.91. The molecule has 2 unspecified atom stereocenters. The van der Waals surface area contributed by atoms with Gasteiger partial charge in [0.05, 0.1) is 45.1 Å². The first kappa shape index (κ1) is 33.1. The van der Waals surface area contributed by atoms with E-state index in [2.05, 4.69) is 0 Å². The molecule has 13 nitrogen and oxygen atoms in total. The molecule has 0 bridgehead atoms. The van der Waals surface area contributed by atoms with E-state index in [0.29, 0.717) is 52.1 Å². The first-order chi connectivity index (χ1) is 16.7. The summed E-state index contributed by atoms with van der Waals surface area (Å²) in [6.07, 6.45) is 0.731. The number of ether oxygens (including phenoxy) is 2. The van der Waals surface area contributed by atoms with Crippen molar-refractivity contribution in [1.29, 1.82) is 0 Å². The van der Waals surface area contributed by atoms with Crippen molar-refractivity contribution in [2.24, 2.45) is 11.5 Å². The third kappa shape index (κ3) is 15.0. The van der Waals surface area contributed by atoms with E-state index in [0.717, 1.165) is 0 Å². The van der Waals surface area contributed by atoms with Gasteiger partial charge in [0.25, 0.3) is 0 Å². The second-order valence-corrected chi connectivity index (χ2v) is 8.01. The molecule has 0 radical (unpaired) electrons. The lowest BCUT2D eigenvalue weighted by Gasteiger charge is -2.33. The normalized spacial score (nSPS) is 13.5. The van der Waals surface area contributed by atoms with E-state index in [1.54, 1.807) is 4.90 Å². The Balaban J connectivity index is 5.08. The molecule has 0 aliphatic heterocycles. The number of nitrogens with two attached hydrogens (primary N) is 2. The van der Waals surface area contributed by atoms with E-state index >= 15 is 0 Å². The van der Waals surface area contributed by atoms with Gasteiger partial charge in [0, 0.05) is 39.4 Å². The van der Waals surface area contributed by atoms with Gasteiger partial charge in [-0.05, 0) is 25.9 Å². The Kier molecular flexibility index (Phi) is 19.2. The van der Waals surface area contributed by atoms with E-state index in [4.69, 9.17) is 31.2 Å². The molecular weight excluding hydrogens is 462 g/mol. The van der Waals surface area contributed by atoms with Crippen molar-refractivity contribution in [3.8, 4) is 0 Å². The third-order valence-electron chi connectivity index (χ3n) is 5.66. The van der Waals surface area contributed by atoms with Crippen LogP contribution in [0, 0.1) is 0 Å². The monoisotopic (exact) mass is 507 g/mol. The second kappa shape index (κ2) is 20.3. The van der Waals surface area contributed by atoms with Crippen molar-refractivity contribution in [2.45, 2.75) is 38.8 Å². The smallest absolute Gasteiger partial charge is 0.317 e. The van der Waals surface area contributed by atoms with Gasteiger partial charge in [-0.3, -0.25) is 29.1 Å². The Morgan fingerprint density at radius 1 is 0.743 bits per heavy atom. The fraction of sp³-hybridized carbons (Fsp3) is 0.864. The molecule has 0 aromatic carbocycles. The highest BCUT2D eigenvalue weighted by Gasteiger charge is 2.25. The van der Waals surface area contributed by atoms with Crippen molar-refractivity contribution in [3.05, 3.63) is 0 Å². The molecule has 0 aromatic rings. The molecule has 0 aromatic heterocycles. The molecule has 13 heteroatoms. The summed E-state index contributed by atoms with van der Waals surface area (Å²) in [4.78, 5) is 40.9. The number of amides is 2. The van der Waals surface area contributed by atoms with Crippen LogP contribution in [-0.4, -0.2) is 145 Å². The highest BCUT2D eigenvalue weighted by atomic mass is 16.5. The van der Waals surface area contributed by atoms with Gasteiger partial charge in [-0.2, -0.15) is 0 Å². The highest BCUT2D eigenvalue weighted by Crippen LogP contribution is 2.08. The first-order valence-corrected chi connectivity index (χ1v) is 12.1. The fourth-order valence-corrected chi connectivity index (χ4v) is 3.80. The Bertz CT molecular complexity index is 556. The number of rotatable bonds is 24. The van der Waals surface area contributed by atoms with Crippen LogP contribution in [0.3, 0.4) is 0 Å². The average molecular weight is 508 g/mol. The van der Waals surface area contributed by atoms with Crippen LogP contribution < -0.4 is 11.5 Å². The van der Waals surface area contributed by atoms with Crippen LogP contribution >= 0.6 is 0 Å². The van der Waals surface area contributed by atoms with Gasteiger partial charge in [-0.15, -0.1) is 0 Å². The molecule has 206 valence electrons. The molecule has 7 N–H and O–H groups in total. The van der Waals surface area contributed by atoms with E-state index in [9.17, 15) is 19.5 Å². The standard InChI is InChI=1S/C22H45N5O8/c1-3-26(18(21(23)32)5-13-34-15-11-28)9-7-25(17-20(30)31)8-10-27(4-2)19(22(24)33)6-14-35-16-12-29/h18-19,28-29H,3-17H2,1-2H3,(H2,23,32)(H2,24,33)(H,30,31). The van der Waals surface area contributed by atoms with Crippen molar-refractivity contribution < 1.29 is 39.2 Å². The van der Waals surface area contributed by atoms with E-state index in [1.807, 2.05) is 23.6 Å². The molecular formula is C22H45N5O8. The lowest BCUT2D eigenvalue weighted by Crippen LogP contribution is -2.51. The molecule has 0 saturated heterocycles. The number of hydrogen-bond donors (Lipinski definition) is 5. The van der Waals surface area contributed by atoms with Crippen LogP contribution in [-0.2, 0) is 23.9 Å². The number of aliphatic hydroxyl groups excluding tert-OH is 2. The van der Waals surface area contributed by atoms with Crippen molar-refractivity contribution in [1.82, 2.24) is 14.7 Å². The first-order valence-electron chi connectivity index (χ1n) is 12.1. The van der Waals surface area contributed by atoms with E-state index < -0.39 is 29.9 Å². The Hall–Kier alpha value is -1.87. The molecule has 0 fully saturated rings.